The highest BCUT2D eigenvalue weighted by molar-refractivity contribution is 5.82. The van der Waals surface area contributed by atoms with E-state index in [4.69, 9.17) is 15.3 Å². The van der Waals surface area contributed by atoms with Crippen molar-refractivity contribution in [1.82, 2.24) is 0 Å². The highest BCUT2D eigenvalue weighted by Crippen LogP contribution is 2.11. The van der Waals surface area contributed by atoms with Gasteiger partial charge in [-0.25, -0.2) is 4.79 Å². The fourth-order valence-electron chi connectivity index (χ4n) is 0.846. The predicted octanol–water partition coefficient (Wildman–Crippen LogP) is -0.0949. The smallest absolute Gasteiger partial charge is 0.331 e. The van der Waals surface area contributed by atoms with Gasteiger partial charge < -0.3 is 20.1 Å². The zero-order valence-electron chi connectivity index (χ0n) is 8.52. The van der Waals surface area contributed by atoms with E-state index < -0.39 is 18.0 Å². The number of aliphatic hydroxyl groups is 3. The minimum atomic E-state index is -2.99. The molecule has 1 unspecified atom stereocenters. The first-order chi connectivity index (χ1) is 6.27. The van der Waals surface area contributed by atoms with E-state index in [1.807, 2.05) is 0 Å². The maximum Gasteiger partial charge on any atom is 0.331 e. The molecule has 0 radical (unpaired) electrons. The van der Waals surface area contributed by atoms with Crippen LogP contribution in [0.4, 0.5) is 0 Å². The number of carbonyl (C=O) groups is 1. The van der Waals surface area contributed by atoms with Gasteiger partial charge >= 0.3 is 11.9 Å². The second-order valence-electron chi connectivity index (χ2n) is 3.24. The van der Waals surface area contributed by atoms with E-state index in [2.05, 4.69) is 4.74 Å². The van der Waals surface area contributed by atoms with E-state index >= 15 is 0 Å². The standard InChI is InChI=1S/C9H16O5/c1-4-7(9(11,12)13)14-8(10)5-6(2)3/h5,7,11-13H,4H2,1-3H3. The quantitative estimate of drug-likeness (QED) is 0.338. The van der Waals surface area contributed by atoms with Crippen LogP contribution in [0.15, 0.2) is 11.6 Å². The van der Waals surface area contributed by atoms with Crippen LogP contribution in [0.1, 0.15) is 27.2 Å². The molecule has 0 saturated heterocycles. The van der Waals surface area contributed by atoms with Gasteiger partial charge in [-0.05, 0) is 20.3 Å². The Morgan fingerprint density at radius 3 is 2.21 bits per heavy atom. The lowest BCUT2D eigenvalue weighted by Gasteiger charge is -2.23. The number of allylic oxidation sites excluding steroid dienone is 1. The second-order valence-corrected chi connectivity index (χ2v) is 3.24. The molecule has 0 aromatic heterocycles. The summed E-state index contributed by atoms with van der Waals surface area (Å²) in [6.45, 7) is 4.95. The first-order valence-electron chi connectivity index (χ1n) is 4.30. The summed E-state index contributed by atoms with van der Waals surface area (Å²) in [4.78, 5) is 11.0. The minimum absolute atomic E-state index is 0.103. The largest absolute Gasteiger partial charge is 0.451 e. The lowest BCUT2D eigenvalue weighted by molar-refractivity contribution is -0.355. The Bertz CT molecular complexity index is 222. The third kappa shape index (κ3) is 4.96. The summed E-state index contributed by atoms with van der Waals surface area (Å²) in [6, 6.07) is 0. The average Bonchev–Trinajstić information content (AvgIpc) is 1.96. The van der Waals surface area contributed by atoms with Gasteiger partial charge in [0.2, 0.25) is 0 Å². The van der Waals surface area contributed by atoms with Crippen LogP contribution in [0.5, 0.6) is 0 Å². The van der Waals surface area contributed by atoms with E-state index in [1.54, 1.807) is 20.8 Å². The minimum Gasteiger partial charge on any atom is -0.451 e. The molecule has 0 aliphatic heterocycles. The Kier molecular flexibility index (Phi) is 4.76. The van der Waals surface area contributed by atoms with E-state index in [1.165, 1.54) is 6.08 Å². The zero-order chi connectivity index (χ0) is 11.4. The topological polar surface area (TPSA) is 87.0 Å². The summed E-state index contributed by atoms with van der Waals surface area (Å²) in [5.74, 6) is -3.70. The predicted molar refractivity (Wildman–Crippen MR) is 49.0 cm³/mol. The van der Waals surface area contributed by atoms with Gasteiger partial charge in [-0.3, -0.25) is 0 Å². The van der Waals surface area contributed by atoms with Gasteiger partial charge in [0, 0.05) is 6.08 Å². The fourth-order valence-corrected chi connectivity index (χ4v) is 0.846. The van der Waals surface area contributed by atoms with Gasteiger partial charge in [0.1, 0.15) is 0 Å². The van der Waals surface area contributed by atoms with Crippen LogP contribution >= 0.6 is 0 Å². The molecule has 0 amide bonds. The van der Waals surface area contributed by atoms with E-state index in [-0.39, 0.29) is 6.42 Å². The maximum atomic E-state index is 11.0. The Morgan fingerprint density at radius 1 is 1.43 bits per heavy atom. The maximum absolute atomic E-state index is 11.0. The molecule has 5 heteroatoms. The second kappa shape index (κ2) is 5.09. The molecule has 0 bridgehead atoms. The Balaban J connectivity index is 4.35. The summed E-state index contributed by atoms with van der Waals surface area (Å²) in [5, 5.41) is 26.3. The zero-order valence-corrected chi connectivity index (χ0v) is 8.52. The van der Waals surface area contributed by atoms with Gasteiger partial charge in [-0.1, -0.05) is 12.5 Å². The van der Waals surface area contributed by atoms with Crippen molar-refractivity contribution in [2.24, 2.45) is 0 Å². The molecule has 0 fully saturated rings. The van der Waals surface area contributed by atoms with E-state index in [9.17, 15) is 4.79 Å². The lowest BCUT2D eigenvalue weighted by atomic mass is 10.2. The Labute approximate surface area is 82.6 Å². The number of hydrogen-bond acceptors (Lipinski definition) is 5. The monoisotopic (exact) mass is 204 g/mol. The summed E-state index contributed by atoms with van der Waals surface area (Å²) in [6.07, 6.45) is -0.0362. The number of esters is 1. The average molecular weight is 204 g/mol. The molecular formula is C9H16O5. The molecule has 0 aliphatic carbocycles. The van der Waals surface area contributed by atoms with Crippen molar-refractivity contribution in [2.45, 2.75) is 39.3 Å². The van der Waals surface area contributed by atoms with Gasteiger partial charge in [-0.15, -0.1) is 0 Å². The number of carbonyl (C=O) groups excluding carboxylic acids is 1. The van der Waals surface area contributed by atoms with Crippen LogP contribution in [0.3, 0.4) is 0 Å². The molecule has 0 aliphatic rings. The number of rotatable bonds is 4. The lowest BCUT2D eigenvalue weighted by Crippen LogP contribution is -2.44. The SMILES string of the molecule is CCC(OC(=O)C=C(C)C)C(O)(O)O. The molecule has 82 valence electrons. The summed E-state index contributed by atoms with van der Waals surface area (Å²) >= 11 is 0. The molecule has 0 aromatic rings. The molecule has 3 N–H and O–H groups in total. The summed E-state index contributed by atoms with van der Waals surface area (Å²) < 4.78 is 4.61. The number of ether oxygens (including phenoxy) is 1. The van der Waals surface area contributed by atoms with Crippen LogP contribution in [0, 0.1) is 0 Å². The molecule has 0 spiro atoms. The number of hydrogen-bond donors (Lipinski definition) is 3. The molecule has 14 heavy (non-hydrogen) atoms. The van der Waals surface area contributed by atoms with Crippen LogP contribution in [0.2, 0.25) is 0 Å². The van der Waals surface area contributed by atoms with Crippen molar-refractivity contribution in [3.63, 3.8) is 0 Å². The normalized spacial score (nSPS) is 13.3. The van der Waals surface area contributed by atoms with Crippen LogP contribution in [0.25, 0.3) is 0 Å². The van der Waals surface area contributed by atoms with E-state index in [0.29, 0.717) is 0 Å². The molecule has 0 aromatic carbocycles. The Morgan fingerprint density at radius 2 is 1.93 bits per heavy atom. The highest BCUT2D eigenvalue weighted by atomic mass is 16.7. The van der Waals surface area contributed by atoms with Crippen LogP contribution in [-0.2, 0) is 9.53 Å². The van der Waals surface area contributed by atoms with Crippen molar-refractivity contribution >= 4 is 5.97 Å². The molecule has 0 saturated carbocycles. The third-order valence-corrected chi connectivity index (χ3v) is 1.47. The van der Waals surface area contributed by atoms with Crippen molar-refractivity contribution in [3.8, 4) is 0 Å². The van der Waals surface area contributed by atoms with Crippen molar-refractivity contribution in [2.75, 3.05) is 0 Å². The first kappa shape index (κ1) is 13.1. The molecule has 0 heterocycles. The summed E-state index contributed by atoms with van der Waals surface area (Å²) in [7, 11) is 0. The van der Waals surface area contributed by atoms with Crippen molar-refractivity contribution in [3.05, 3.63) is 11.6 Å². The summed E-state index contributed by atoms with van der Waals surface area (Å²) in [5.41, 5.74) is 0.726. The van der Waals surface area contributed by atoms with Crippen LogP contribution in [-0.4, -0.2) is 33.4 Å². The van der Waals surface area contributed by atoms with Crippen molar-refractivity contribution in [1.29, 1.82) is 0 Å². The fraction of sp³-hybridized carbons (Fsp3) is 0.667. The van der Waals surface area contributed by atoms with Crippen LogP contribution < -0.4 is 0 Å². The van der Waals surface area contributed by atoms with Crippen molar-refractivity contribution < 1.29 is 24.9 Å². The Hall–Kier alpha value is -0.910. The van der Waals surface area contributed by atoms with Gasteiger partial charge in [0.15, 0.2) is 6.10 Å². The first-order valence-corrected chi connectivity index (χ1v) is 4.30. The van der Waals surface area contributed by atoms with Gasteiger partial charge in [-0.2, -0.15) is 0 Å². The third-order valence-electron chi connectivity index (χ3n) is 1.47. The molecule has 5 nitrogen and oxygen atoms in total. The molecule has 0 rings (SSSR count). The van der Waals surface area contributed by atoms with Gasteiger partial charge in [0.25, 0.3) is 0 Å². The van der Waals surface area contributed by atoms with Gasteiger partial charge in [0.05, 0.1) is 0 Å². The highest BCUT2D eigenvalue weighted by Gasteiger charge is 2.33. The van der Waals surface area contributed by atoms with E-state index in [0.717, 1.165) is 5.57 Å². The molecular weight excluding hydrogens is 188 g/mol. The molecule has 1 atom stereocenters.